The Morgan fingerprint density at radius 2 is 0.667 bits per heavy atom. The van der Waals surface area contributed by atoms with Gasteiger partial charge in [-0.25, -0.2) is 0 Å². The Labute approximate surface area is 200 Å². The lowest BCUT2D eigenvalue weighted by atomic mass is 10.3. The Morgan fingerprint density at radius 1 is 0.394 bits per heavy atom. The Morgan fingerprint density at radius 3 is 0.939 bits per heavy atom. The second-order valence-corrected chi connectivity index (χ2v) is 6.97. The monoisotopic (exact) mass is 480 g/mol. The Bertz CT molecular complexity index is 359. The highest BCUT2D eigenvalue weighted by Crippen LogP contribution is 1.94. The van der Waals surface area contributed by atoms with Crippen LogP contribution in [0, 0.1) is 0 Å². The first-order chi connectivity index (χ1) is 16.4. The molecule has 0 aromatic carbocycles. The molecule has 0 aliphatic rings. The minimum absolute atomic E-state index is 0.535. The van der Waals surface area contributed by atoms with Crippen LogP contribution in [0.4, 0.5) is 0 Å². The Hall–Kier alpha value is -0.620. The van der Waals surface area contributed by atoms with Crippen LogP contribution < -0.4 is 0 Å². The molecule has 0 fully saturated rings. The van der Waals surface area contributed by atoms with Crippen molar-refractivity contribution in [2.45, 2.75) is 26.2 Å². The maximum Gasteiger partial charge on any atom is 0.0704 e. The van der Waals surface area contributed by atoms with E-state index >= 15 is 0 Å². The van der Waals surface area contributed by atoms with E-state index in [0.717, 1.165) is 13.0 Å². The summed E-state index contributed by atoms with van der Waals surface area (Å²) in [5.74, 6) is 0. The first-order valence-electron chi connectivity index (χ1n) is 12.2. The van der Waals surface area contributed by atoms with E-state index in [2.05, 4.69) is 13.5 Å². The SMILES string of the molecule is C=CCOCCOCCOCCOCCOCCOCCOCCOCCOCCCCC. The molecule has 0 aromatic rings. The lowest BCUT2D eigenvalue weighted by molar-refractivity contribution is -0.0246. The molecule has 0 radical (unpaired) electrons. The summed E-state index contributed by atoms with van der Waals surface area (Å²) in [7, 11) is 0. The van der Waals surface area contributed by atoms with E-state index in [0.29, 0.717) is 112 Å². The molecule has 0 aliphatic heterocycles. The number of hydrogen-bond acceptors (Lipinski definition) is 9. The van der Waals surface area contributed by atoms with E-state index in [4.69, 9.17) is 42.6 Å². The molecule has 198 valence electrons. The zero-order chi connectivity index (χ0) is 23.9. The molecular formula is C24H48O9. The fraction of sp³-hybridized carbons (Fsp3) is 0.917. The van der Waals surface area contributed by atoms with Gasteiger partial charge in [-0.1, -0.05) is 25.8 Å². The van der Waals surface area contributed by atoms with Crippen LogP contribution in [0.25, 0.3) is 0 Å². The molecule has 33 heavy (non-hydrogen) atoms. The van der Waals surface area contributed by atoms with E-state index in [1.807, 2.05) is 0 Å². The summed E-state index contributed by atoms with van der Waals surface area (Å²) < 4.78 is 48.7. The van der Waals surface area contributed by atoms with Crippen molar-refractivity contribution in [2.75, 3.05) is 119 Å². The van der Waals surface area contributed by atoms with E-state index in [-0.39, 0.29) is 0 Å². The quantitative estimate of drug-likeness (QED) is 0.114. The van der Waals surface area contributed by atoms with Crippen molar-refractivity contribution in [1.29, 1.82) is 0 Å². The van der Waals surface area contributed by atoms with Gasteiger partial charge in [0.2, 0.25) is 0 Å². The third-order valence-electron chi connectivity index (χ3n) is 4.10. The second-order valence-electron chi connectivity index (χ2n) is 6.97. The van der Waals surface area contributed by atoms with Gasteiger partial charge in [-0.05, 0) is 6.42 Å². The molecule has 0 amide bonds. The van der Waals surface area contributed by atoms with Gasteiger partial charge in [0.25, 0.3) is 0 Å². The summed E-state index contributed by atoms with van der Waals surface area (Å²) in [5.41, 5.74) is 0. The fourth-order valence-corrected chi connectivity index (χ4v) is 2.38. The number of hydrogen-bond donors (Lipinski definition) is 0. The van der Waals surface area contributed by atoms with E-state index in [1.165, 1.54) is 12.8 Å². The van der Waals surface area contributed by atoms with E-state index in [1.54, 1.807) is 6.08 Å². The highest BCUT2D eigenvalue weighted by molar-refractivity contribution is 4.63. The zero-order valence-electron chi connectivity index (χ0n) is 20.8. The first-order valence-corrected chi connectivity index (χ1v) is 12.2. The van der Waals surface area contributed by atoms with Crippen molar-refractivity contribution in [3.05, 3.63) is 12.7 Å². The van der Waals surface area contributed by atoms with Gasteiger partial charge in [-0.3, -0.25) is 0 Å². The van der Waals surface area contributed by atoms with Crippen LogP contribution >= 0.6 is 0 Å². The van der Waals surface area contributed by atoms with Crippen molar-refractivity contribution < 1.29 is 42.6 Å². The predicted octanol–water partition coefficient (Wildman–Crippen LogP) is 2.51. The van der Waals surface area contributed by atoms with Crippen molar-refractivity contribution in [2.24, 2.45) is 0 Å². The van der Waals surface area contributed by atoms with Crippen molar-refractivity contribution in [1.82, 2.24) is 0 Å². The highest BCUT2D eigenvalue weighted by Gasteiger charge is 1.95. The van der Waals surface area contributed by atoms with Gasteiger partial charge >= 0.3 is 0 Å². The summed E-state index contributed by atoms with van der Waals surface area (Å²) in [6.07, 6.45) is 5.27. The first kappa shape index (κ1) is 32.4. The molecule has 0 rings (SSSR count). The van der Waals surface area contributed by atoms with Crippen LogP contribution in [-0.4, -0.2) is 119 Å². The van der Waals surface area contributed by atoms with Gasteiger partial charge in [0.1, 0.15) is 0 Å². The molecule has 0 unspecified atom stereocenters. The highest BCUT2D eigenvalue weighted by atomic mass is 16.6. The normalized spacial score (nSPS) is 11.3. The molecule has 0 saturated carbocycles. The van der Waals surface area contributed by atoms with Crippen molar-refractivity contribution >= 4 is 0 Å². The number of ether oxygens (including phenoxy) is 9. The van der Waals surface area contributed by atoms with E-state index < -0.39 is 0 Å². The summed E-state index contributed by atoms with van der Waals surface area (Å²) in [5, 5.41) is 0. The lowest BCUT2D eigenvalue weighted by Gasteiger charge is -2.08. The van der Waals surface area contributed by atoms with E-state index in [9.17, 15) is 0 Å². The molecule has 0 atom stereocenters. The largest absolute Gasteiger partial charge is 0.379 e. The summed E-state index contributed by atoms with van der Waals surface area (Å²) in [4.78, 5) is 0. The molecule has 9 heteroatoms. The van der Waals surface area contributed by atoms with Gasteiger partial charge in [0, 0.05) is 6.61 Å². The Kier molecular flexibility index (Phi) is 30.8. The average Bonchev–Trinajstić information content (AvgIpc) is 2.83. The average molecular weight is 481 g/mol. The van der Waals surface area contributed by atoms with Gasteiger partial charge < -0.3 is 42.6 Å². The molecule has 0 heterocycles. The van der Waals surface area contributed by atoms with Crippen LogP contribution in [0.3, 0.4) is 0 Å². The molecular weight excluding hydrogens is 432 g/mol. The molecule has 0 bridgehead atoms. The third kappa shape index (κ3) is 31.4. The predicted molar refractivity (Wildman–Crippen MR) is 127 cm³/mol. The third-order valence-corrected chi connectivity index (χ3v) is 4.10. The summed E-state index contributed by atoms with van der Waals surface area (Å²) >= 11 is 0. The molecule has 0 saturated heterocycles. The van der Waals surface area contributed by atoms with Crippen molar-refractivity contribution in [3.8, 4) is 0 Å². The van der Waals surface area contributed by atoms with Crippen molar-refractivity contribution in [3.63, 3.8) is 0 Å². The fourth-order valence-electron chi connectivity index (χ4n) is 2.38. The minimum Gasteiger partial charge on any atom is -0.379 e. The van der Waals surface area contributed by atoms with Crippen LogP contribution in [-0.2, 0) is 42.6 Å². The maximum absolute atomic E-state index is 5.47. The summed E-state index contributed by atoms with van der Waals surface area (Å²) in [6, 6.07) is 0. The lowest BCUT2D eigenvalue weighted by Crippen LogP contribution is -2.15. The zero-order valence-corrected chi connectivity index (χ0v) is 20.8. The van der Waals surface area contributed by atoms with Gasteiger partial charge in [-0.2, -0.15) is 0 Å². The van der Waals surface area contributed by atoms with Crippen LogP contribution in [0.1, 0.15) is 26.2 Å². The van der Waals surface area contributed by atoms with Crippen LogP contribution in [0.15, 0.2) is 12.7 Å². The van der Waals surface area contributed by atoms with Gasteiger partial charge in [0.15, 0.2) is 0 Å². The molecule has 0 aromatic heterocycles. The standard InChI is InChI=1S/C24H48O9/c1-3-5-6-8-26-10-12-28-14-16-30-18-20-32-22-24-33-23-21-31-19-17-29-15-13-27-11-9-25-7-4-2/h4H,2-3,5-24H2,1H3. The Balaban J connectivity index is 2.99. The number of rotatable bonds is 30. The molecule has 9 nitrogen and oxygen atoms in total. The van der Waals surface area contributed by atoms with Gasteiger partial charge in [0.05, 0.1) is 112 Å². The van der Waals surface area contributed by atoms with Crippen LogP contribution in [0.2, 0.25) is 0 Å². The summed E-state index contributed by atoms with van der Waals surface area (Å²) in [6.45, 7) is 16.1. The second kappa shape index (κ2) is 31.4. The smallest absolute Gasteiger partial charge is 0.0704 e. The molecule has 0 spiro atoms. The minimum atomic E-state index is 0.535. The number of unbranched alkanes of at least 4 members (excludes halogenated alkanes) is 2. The molecule has 0 aliphatic carbocycles. The van der Waals surface area contributed by atoms with Crippen LogP contribution in [0.5, 0.6) is 0 Å². The molecule has 0 N–H and O–H groups in total. The van der Waals surface area contributed by atoms with Gasteiger partial charge in [-0.15, -0.1) is 6.58 Å². The maximum atomic E-state index is 5.47. The topological polar surface area (TPSA) is 83.1 Å².